The standard InChI is InChI=1S/C31H33N3O6/c1-30(2,3)40-29(37)34-15-13-31(14-16-34)18-26(35)25-17-23(19-32-27(25)39-31)22-9-11-24(12-10-22)33-28(36)38-20-21-7-5-4-6-8-21/h4-12,17,19H,13-16,18,20H2,1-3H3,(H,33,36). The number of carbonyl (C=O) groups excluding carboxylic acids is 3. The number of nitrogens with zero attached hydrogens (tertiary/aromatic N) is 2. The lowest BCUT2D eigenvalue weighted by Gasteiger charge is -2.43. The quantitative estimate of drug-likeness (QED) is 0.416. The van der Waals surface area contributed by atoms with Gasteiger partial charge >= 0.3 is 12.2 Å². The molecule has 2 aromatic carbocycles. The van der Waals surface area contributed by atoms with Crippen LogP contribution in [-0.4, -0.2) is 52.1 Å². The lowest BCUT2D eigenvalue weighted by molar-refractivity contribution is -0.0246. The molecular formula is C31H33N3O6. The van der Waals surface area contributed by atoms with Crippen LogP contribution >= 0.6 is 0 Å². The average Bonchev–Trinajstić information content (AvgIpc) is 2.92. The van der Waals surface area contributed by atoms with Gasteiger partial charge in [-0.3, -0.25) is 10.1 Å². The molecule has 0 atom stereocenters. The van der Waals surface area contributed by atoms with Gasteiger partial charge in [-0.15, -0.1) is 0 Å². The molecule has 9 nitrogen and oxygen atoms in total. The van der Waals surface area contributed by atoms with Crippen molar-refractivity contribution >= 4 is 23.7 Å². The van der Waals surface area contributed by atoms with E-state index in [0.717, 1.165) is 16.7 Å². The van der Waals surface area contributed by atoms with Crippen molar-refractivity contribution in [1.82, 2.24) is 9.88 Å². The highest BCUT2D eigenvalue weighted by atomic mass is 16.6. The number of carbonyl (C=O) groups is 3. The Morgan fingerprint density at radius 1 is 1.02 bits per heavy atom. The molecule has 3 aromatic rings. The van der Waals surface area contributed by atoms with Crippen molar-refractivity contribution in [3.8, 4) is 17.0 Å². The summed E-state index contributed by atoms with van der Waals surface area (Å²) in [4.78, 5) is 43.9. The van der Waals surface area contributed by atoms with Crippen LogP contribution in [-0.2, 0) is 16.1 Å². The van der Waals surface area contributed by atoms with E-state index in [1.54, 1.807) is 29.3 Å². The Balaban J connectivity index is 1.20. The topological polar surface area (TPSA) is 107 Å². The van der Waals surface area contributed by atoms with Crippen molar-refractivity contribution in [2.24, 2.45) is 0 Å². The summed E-state index contributed by atoms with van der Waals surface area (Å²) in [5.41, 5.74) is 2.33. The van der Waals surface area contributed by atoms with Crippen LogP contribution in [0.1, 0.15) is 56.0 Å². The number of hydrogen-bond acceptors (Lipinski definition) is 7. The number of aromatic nitrogens is 1. The Kier molecular flexibility index (Phi) is 7.47. The van der Waals surface area contributed by atoms with E-state index in [2.05, 4.69) is 10.3 Å². The highest BCUT2D eigenvalue weighted by Crippen LogP contribution is 2.39. The van der Waals surface area contributed by atoms with Gasteiger partial charge in [-0.2, -0.15) is 0 Å². The van der Waals surface area contributed by atoms with Crippen molar-refractivity contribution in [3.05, 3.63) is 78.0 Å². The van der Waals surface area contributed by atoms with Gasteiger partial charge in [0.05, 0.1) is 12.0 Å². The number of rotatable bonds is 4. The molecule has 1 N–H and O–H groups in total. The van der Waals surface area contributed by atoms with Crippen LogP contribution in [0.25, 0.3) is 11.1 Å². The summed E-state index contributed by atoms with van der Waals surface area (Å²) in [6.45, 7) is 6.61. The SMILES string of the molecule is CC(C)(C)OC(=O)N1CCC2(CC1)CC(=O)c1cc(-c3ccc(NC(=O)OCc4ccccc4)cc3)cnc1O2. The van der Waals surface area contributed by atoms with Gasteiger partial charge in [-0.25, -0.2) is 14.6 Å². The van der Waals surface area contributed by atoms with Crippen LogP contribution in [0.15, 0.2) is 66.9 Å². The number of amides is 2. The molecule has 0 saturated carbocycles. The van der Waals surface area contributed by atoms with E-state index in [-0.39, 0.29) is 24.9 Å². The maximum Gasteiger partial charge on any atom is 0.411 e. The highest BCUT2D eigenvalue weighted by molar-refractivity contribution is 6.01. The van der Waals surface area contributed by atoms with Crippen molar-refractivity contribution in [1.29, 1.82) is 0 Å². The van der Waals surface area contributed by atoms with Gasteiger partial charge < -0.3 is 19.1 Å². The van der Waals surface area contributed by atoms with Gasteiger partial charge in [0.15, 0.2) is 5.78 Å². The van der Waals surface area contributed by atoms with Gasteiger partial charge in [0.25, 0.3) is 0 Å². The predicted molar refractivity (Wildman–Crippen MR) is 149 cm³/mol. The fraction of sp³-hybridized carbons (Fsp3) is 0.355. The second-order valence-corrected chi connectivity index (χ2v) is 11.2. The summed E-state index contributed by atoms with van der Waals surface area (Å²) >= 11 is 0. The number of pyridine rings is 1. The third kappa shape index (κ3) is 6.42. The fourth-order valence-electron chi connectivity index (χ4n) is 4.85. The summed E-state index contributed by atoms with van der Waals surface area (Å²) in [6, 6.07) is 18.5. The molecule has 0 unspecified atom stereocenters. The van der Waals surface area contributed by atoms with Gasteiger partial charge in [-0.1, -0.05) is 42.5 Å². The third-order valence-corrected chi connectivity index (χ3v) is 6.95. The van der Waals surface area contributed by atoms with Crippen LogP contribution in [0.4, 0.5) is 15.3 Å². The minimum Gasteiger partial charge on any atom is -0.470 e. The van der Waals surface area contributed by atoms with Gasteiger partial charge in [0.1, 0.15) is 17.8 Å². The predicted octanol–water partition coefficient (Wildman–Crippen LogP) is 6.23. The number of ether oxygens (including phenoxy) is 3. The second-order valence-electron chi connectivity index (χ2n) is 11.2. The lowest BCUT2D eigenvalue weighted by atomic mass is 9.83. The Morgan fingerprint density at radius 2 is 1.73 bits per heavy atom. The minimum atomic E-state index is -0.667. The monoisotopic (exact) mass is 543 g/mol. The first-order valence-electron chi connectivity index (χ1n) is 13.4. The van der Waals surface area contributed by atoms with Crippen molar-refractivity contribution in [3.63, 3.8) is 0 Å². The number of piperidine rings is 1. The Morgan fingerprint density at radius 3 is 2.40 bits per heavy atom. The van der Waals surface area contributed by atoms with Crippen molar-refractivity contribution in [2.75, 3.05) is 18.4 Å². The molecule has 1 fully saturated rings. The molecule has 2 amide bonds. The first kappa shape index (κ1) is 27.2. The number of likely N-dealkylation sites (tertiary alicyclic amines) is 1. The van der Waals surface area contributed by atoms with Gasteiger partial charge in [-0.05, 0) is 50.1 Å². The smallest absolute Gasteiger partial charge is 0.411 e. The molecule has 3 heterocycles. The number of hydrogen-bond donors (Lipinski definition) is 1. The average molecular weight is 544 g/mol. The van der Waals surface area contributed by atoms with E-state index in [4.69, 9.17) is 14.2 Å². The molecule has 5 rings (SSSR count). The summed E-state index contributed by atoms with van der Waals surface area (Å²) < 4.78 is 17.0. The van der Waals surface area contributed by atoms with Crippen molar-refractivity contribution in [2.45, 2.75) is 57.8 Å². The van der Waals surface area contributed by atoms with Crippen LogP contribution in [0.2, 0.25) is 0 Å². The number of anilines is 1. The van der Waals surface area contributed by atoms with Crippen molar-refractivity contribution < 1.29 is 28.6 Å². The second kappa shape index (κ2) is 11.0. The van der Waals surface area contributed by atoms with Crippen LogP contribution in [0.3, 0.4) is 0 Å². The lowest BCUT2D eigenvalue weighted by Crippen LogP contribution is -2.53. The van der Waals surface area contributed by atoms with Crippen LogP contribution in [0.5, 0.6) is 5.88 Å². The summed E-state index contributed by atoms with van der Waals surface area (Å²) in [6.07, 6.45) is 2.09. The number of fused-ring (bicyclic) bond motifs is 1. The van der Waals surface area contributed by atoms with E-state index in [9.17, 15) is 14.4 Å². The maximum absolute atomic E-state index is 13.2. The molecule has 0 bridgehead atoms. The summed E-state index contributed by atoms with van der Waals surface area (Å²) in [5, 5.41) is 2.72. The number of nitrogens with one attached hydrogen (secondary N) is 1. The van der Waals surface area contributed by atoms with E-state index in [1.807, 2.05) is 63.2 Å². The molecule has 2 aliphatic heterocycles. The van der Waals surface area contributed by atoms with Crippen LogP contribution in [0, 0.1) is 0 Å². The van der Waals surface area contributed by atoms with E-state index >= 15 is 0 Å². The summed E-state index contributed by atoms with van der Waals surface area (Å²) in [5.74, 6) is 0.297. The largest absolute Gasteiger partial charge is 0.470 e. The Hall–Kier alpha value is -4.40. The van der Waals surface area contributed by atoms with E-state index in [1.165, 1.54) is 0 Å². The molecular weight excluding hydrogens is 510 g/mol. The van der Waals surface area contributed by atoms with E-state index < -0.39 is 17.3 Å². The molecule has 208 valence electrons. The maximum atomic E-state index is 13.2. The molecule has 1 spiro atoms. The molecule has 1 aromatic heterocycles. The van der Waals surface area contributed by atoms with Gasteiger partial charge in [0.2, 0.25) is 5.88 Å². The third-order valence-electron chi connectivity index (χ3n) is 6.95. The zero-order valence-electron chi connectivity index (χ0n) is 22.9. The Bertz CT molecular complexity index is 1390. The molecule has 40 heavy (non-hydrogen) atoms. The zero-order valence-corrected chi connectivity index (χ0v) is 22.9. The molecule has 2 aliphatic rings. The molecule has 0 radical (unpaired) electrons. The normalized spacial score (nSPS) is 16.1. The number of Topliss-reactive ketones (excluding diaryl/α,β-unsaturated/α-hetero) is 1. The molecule has 0 aliphatic carbocycles. The zero-order chi connectivity index (χ0) is 28.3. The summed E-state index contributed by atoms with van der Waals surface area (Å²) in [7, 11) is 0. The molecule has 9 heteroatoms. The van der Waals surface area contributed by atoms with E-state index in [0.29, 0.717) is 43.1 Å². The first-order chi connectivity index (χ1) is 19.1. The fourth-order valence-corrected chi connectivity index (χ4v) is 4.85. The molecule has 1 saturated heterocycles. The van der Waals surface area contributed by atoms with Gasteiger partial charge in [0, 0.05) is 43.4 Å². The first-order valence-corrected chi connectivity index (χ1v) is 13.4. The Labute approximate surface area is 233 Å². The number of ketones is 1. The van der Waals surface area contributed by atoms with Crippen LogP contribution < -0.4 is 10.1 Å². The minimum absolute atomic E-state index is 0.0271. The number of benzene rings is 2. The highest BCUT2D eigenvalue weighted by Gasteiger charge is 2.45.